The van der Waals surface area contributed by atoms with Gasteiger partial charge in [0.05, 0.1) is 6.42 Å². The lowest BCUT2D eigenvalue weighted by atomic mass is 10.1. The highest BCUT2D eigenvalue weighted by Crippen LogP contribution is 2.20. The van der Waals surface area contributed by atoms with Gasteiger partial charge in [0.15, 0.2) is 5.65 Å². The summed E-state index contributed by atoms with van der Waals surface area (Å²) in [6.07, 6.45) is 2.96. The Morgan fingerprint density at radius 1 is 1.03 bits per heavy atom. The number of amides is 1. The highest BCUT2D eigenvalue weighted by atomic mass is 16.1. The molecule has 29 heavy (non-hydrogen) atoms. The molecule has 1 N–H and O–H groups in total. The summed E-state index contributed by atoms with van der Waals surface area (Å²) in [6, 6.07) is 20.0. The zero-order valence-corrected chi connectivity index (χ0v) is 16.7. The monoisotopic (exact) mass is 384 g/mol. The first-order chi connectivity index (χ1) is 14.2. The minimum absolute atomic E-state index is 0.0185. The first kappa shape index (κ1) is 18.9. The van der Waals surface area contributed by atoms with Crippen molar-refractivity contribution in [1.29, 1.82) is 0 Å². The van der Waals surface area contributed by atoms with E-state index in [2.05, 4.69) is 39.8 Å². The minimum atomic E-state index is 0.0185. The third-order valence-corrected chi connectivity index (χ3v) is 5.10. The van der Waals surface area contributed by atoms with Crippen LogP contribution in [0.3, 0.4) is 0 Å². The molecular formula is C24H24N4O. The van der Waals surface area contributed by atoms with E-state index in [9.17, 15) is 4.79 Å². The van der Waals surface area contributed by atoms with Gasteiger partial charge in [0.25, 0.3) is 0 Å². The number of hydrogen-bond acceptors (Lipinski definition) is 3. The fourth-order valence-electron chi connectivity index (χ4n) is 3.48. The lowest BCUT2D eigenvalue weighted by Gasteiger charge is -2.10. The minimum Gasteiger partial charge on any atom is -0.352 e. The van der Waals surface area contributed by atoms with Gasteiger partial charge >= 0.3 is 0 Å². The van der Waals surface area contributed by atoms with Gasteiger partial charge < -0.3 is 5.32 Å². The summed E-state index contributed by atoms with van der Waals surface area (Å²) < 4.78 is 2.08. The van der Waals surface area contributed by atoms with Gasteiger partial charge in [-0.15, -0.1) is 0 Å². The molecule has 0 radical (unpaired) electrons. The second-order valence-electron chi connectivity index (χ2n) is 7.11. The average Bonchev–Trinajstić information content (AvgIpc) is 3.12. The molecule has 0 aliphatic carbocycles. The third-order valence-electron chi connectivity index (χ3n) is 5.10. The normalized spacial score (nSPS) is 11.0. The zero-order chi connectivity index (χ0) is 20.2. The van der Waals surface area contributed by atoms with Crippen LogP contribution >= 0.6 is 0 Å². The van der Waals surface area contributed by atoms with Crippen LogP contribution in [0.5, 0.6) is 0 Å². The maximum atomic E-state index is 12.3. The van der Waals surface area contributed by atoms with Gasteiger partial charge in [-0.3, -0.25) is 9.36 Å². The van der Waals surface area contributed by atoms with Crippen LogP contribution in [0.2, 0.25) is 0 Å². The van der Waals surface area contributed by atoms with Crippen LogP contribution in [0.25, 0.3) is 16.9 Å². The van der Waals surface area contributed by atoms with E-state index in [1.807, 2.05) is 54.6 Å². The molecule has 2 aromatic heterocycles. The van der Waals surface area contributed by atoms with E-state index in [-0.39, 0.29) is 5.91 Å². The number of nitrogens with zero attached hydrogens (tertiary/aromatic N) is 3. The van der Waals surface area contributed by atoms with Crippen LogP contribution in [0.4, 0.5) is 0 Å². The third kappa shape index (κ3) is 4.04. The van der Waals surface area contributed by atoms with E-state index in [4.69, 9.17) is 0 Å². The molecule has 1 amide bonds. The Kier molecular flexibility index (Phi) is 5.38. The van der Waals surface area contributed by atoms with Crippen molar-refractivity contribution in [2.75, 3.05) is 0 Å². The Bertz CT molecular complexity index is 1150. The van der Waals surface area contributed by atoms with E-state index in [0.717, 1.165) is 40.2 Å². The van der Waals surface area contributed by atoms with Gasteiger partial charge in [-0.1, -0.05) is 43.3 Å². The number of benzene rings is 2. The molecule has 5 nitrogen and oxygen atoms in total. The van der Waals surface area contributed by atoms with Crippen molar-refractivity contribution < 1.29 is 4.79 Å². The second-order valence-corrected chi connectivity index (χ2v) is 7.11. The van der Waals surface area contributed by atoms with Crippen LogP contribution in [0, 0.1) is 6.92 Å². The fraction of sp³-hybridized carbons (Fsp3) is 0.208. The molecule has 0 aliphatic rings. The molecule has 4 aromatic rings. The fourth-order valence-corrected chi connectivity index (χ4v) is 3.48. The Hall–Kier alpha value is -3.47. The standard InChI is InChI=1S/C24H24N4O/c1-3-22-27-21-9-6-14-25-24(21)28(22)20-12-10-18(11-13-20)15-23(29)26-16-19-8-5-4-7-17(19)2/h4-14H,3,15-16H2,1-2H3,(H,26,29). The second kappa shape index (κ2) is 8.27. The maximum absolute atomic E-state index is 12.3. The number of carbonyl (C=O) groups excluding carboxylic acids is 1. The molecule has 0 fully saturated rings. The molecule has 2 heterocycles. The zero-order valence-electron chi connectivity index (χ0n) is 16.7. The van der Waals surface area contributed by atoms with E-state index >= 15 is 0 Å². The Morgan fingerprint density at radius 2 is 1.83 bits per heavy atom. The molecule has 2 aromatic carbocycles. The van der Waals surface area contributed by atoms with Crippen LogP contribution in [0.15, 0.2) is 66.9 Å². The highest BCUT2D eigenvalue weighted by molar-refractivity contribution is 5.79. The van der Waals surface area contributed by atoms with Crippen LogP contribution in [-0.4, -0.2) is 20.4 Å². The van der Waals surface area contributed by atoms with Gasteiger partial charge in [-0.25, -0.2) is 9.97 Å². The molecule has 4 rings (SSSR count). The molecule has 0 saturated carbocycles. The topological polar surface area (TPSA) is 59.8 Å². The average molecular weight is 384 g/mol. The van der Waals surface area contributed by atoms with Gasteiger partial charge in [-0.05, 0) is 47.9 Å². The van der Waals surface area contributed by atoms with Crippen LogP contribution in [0.1, 0.15) is 29.4 Å². The first-order valence-corrected chi connectivity index (χ1v) is 9.88. The van der Waals surface area contributed by atoms with Gasteiger partial charge in [0.2, 0.25) is 5.91 Å². The van der Waals surface area contributed by atoms with E-state index in [0.29, 0.717) is 13.0 Å². The summed E-state index contributed by atoms with van der Waals surface area (Å²) in [5.41, 5.74) is 6.06. The number of nitrogens with one attached hydrogen (secondary N) is 1. The lowest BCUT2D eigenvalue weighted by molar-refractivity contribution is -0.120. The largest absolute Gasteiger partial charge is 0.352 e. The molecular weight excluding hydrogens is 360 g/mol. The molecule has 5 heteroatoms. The highest BCUT2D eigenvalue weighted by Gasteiger charge is 2.12. The van der Waals surface area contributed by atoms with Gasteiger partial charge in [0.1, 0.15) is 11.3 Å². The van der Waals surface area contributed by atoms with Crippen molar-refractivity contribution >= 4 is 17.1 Å². The quantitative estimate of drug-likeness (QED) is 0.543. The molecule has 0 atom stereocenters. The number of carbonyl (C=O) groups is 1. The van der Waals surface area contributed by atoms with E-state index in [1.165, 1.54) is 5.56 Å². The van der Waals surface area contributed by atoms with Crippen LogP contribution in [-0.2, 0) is 24.2 Å². The Morgan fingerprint density at radius 3 is 2.59 bits per heavy atom. The molecule has 0 unspecified atom stereocenters. The van der Waals surface area contributed by atoms with Gasteiger partial charge in [0, 0.05) is 24.8 Å². The Balaban J connectivity index is 1.47. The van der Waals surface area contributed by atoms with Crippen molar-refractivity contribution in [1.82, 2.24) is 19.9 Å². The number of hydrogen-bond donors (Lipinski definition) is 1. The summed E-state index contributed by atoms with van der Waals surface area (Å²) in [4.78, 5) is 21.5. The Labute approximate surface area is 170 Å². The molecule has 0 spiro atoms. The SMILES string of the molecule is CCc1nc2cccnc2n1-c1ccc(CC(=O)NCc2ccccc2C)cc1. The summed E-state index contributed by atoms with van der Waals surface area (Å²) in [7, 11) is 0. The number of aromatic nitrogens is 3. The summed E-state index contributed by atoms with van der Waals surface area (Å²) in [5, 5.41) is 3.01. The van der Waals surface area contributed by atoms with Crippen LogP contribution < -0.4 is 5.32 Å². The maximum Gasteiger partial charge on any atom is 0.224 e. The van der Waals surface area contributed by atoms with Gasteiger partial charge in [-0.2, -0.15) is 0 Å². The summed E-state index contributed by atoms with van der Waals surface area (Å²) in [6.45, 7) is 4.69. The van der Waals surface area contributed by atoms with E-state index in [1.54, 1.807) is 6.20 Å². The summed E-state index contributed by atoms with van der Waals surface area (Å²) in [5.74, 6) is 0.993. The van der Waals surface area contributed by atoms with Crippen molar-refractivity contribution in [2.24, 2.45) is 0 Å². The number of fused-ring (bicyclic) bond motifs is 1. The lowest BCUT2D eigenvalue weighted by Crippen LogP contribution is -2.24. The summed E-state index contributed by atoms with van der Waals surface area (Å²) >= 11 is 0. The number of pyridine rings is 1. The number of aryl methyl sites for hydroxylation is 2. The number of imidazole rings is 1. The van der Waals surface area contributed by atoms with E-state index < -0.39 is 0 Å². The first-order valence-electron chi connectivity index (χ1n) is 9.88. The molecule has 146 valence electrons. The predicted molar refractivity (Wildman–Crippen MR) is 115 cm³/mol. The molecule has 0 aliphatic heterocycles. The van der Waals surface area contributed by atoms with Crippen molar-refractivity contribution in [3.63, 3.8) is 0 Å². The smallest absolute Gasteiger partial charge is 0.224 e. The van der Waals surface area contributed by atoms with Crippen molar-refractivity contribution in [2.45, 2.75) is 33.2 Å². The molecule has 0 bridgehead atoms. The van der Waals surface area contributed by atoms with Crippen molar-refractivity contribution in [3.05, 3.63) is 89.4 Å². The number of rotatable bonds is 6. The van der Waals surface area contributed by atoms with Crippen molar-refractivity contribution in [3.8, 4) is 5.69 Å². The molecule has 0 saturated heterocycles. The predicted octanol–water partition coefficient (Wildman–Crippen LogP) is 4.15.